The van der Waals surface area contributed by atoms with Crippen LogP contribution in [-0.4, -0.2) is 62.6 Å². The predicted molar refractivity (Wildman–Crippen MR) is 134 cm³/mol. The molecule has 2 aliphatic rings. The molecule has 1 unspecified atom stereocenters. The number of hydrogen-bond acceptors (Lipinski definition) is 5. The average Bonchev–Trinajstić information content (AvgIpc) is 3.49. The van der Waals surface area contributed by atoms with Gasteiger partial charge in [-0.05, 0) is 59.8 Å². The molecule has 5 rings (SSSR count). The third-order valence-corrected chi connectivity index (χ3v) is 7.68. The van der Waals surface area contributed by atoms with Crippen LogP contribution in [0.4, 0.5) is 22.4 Å². The topological polar surface area (TPSA) is 58.4 Å². The van der Waals surface area contributed by atoms with Crippen LogP contribution in [0.1, 0.15) is 23.6 Å². The van der Waals surface area contributed by atoms with E-state index >= 15 is 0 Å². The second-order valence-electron chi connectivity index (χ2n) is 8.91. The molecule has 6 nitrogen and oxygen atoms in total. The van der Waals surface area contributed by atoms with E-state index in [0.29, 0.717) is 29.6 Å². The number of benzene rings is 2. The lowest BCUT2D eigenvalue weighted by Gasteiger charge is -2.22. The number of amides is 2. The fourth-order valence-corrected chi connectivity index (χ4v) is 5.73. The van der Waals surface area contributed by atoms with Crippen molar-refractivity contribution in [3.63, 3.8) is 0 Å². The summed E-state index contributed by atoms with van der Waals surface area (Å²) in [6, 6.07) is 7.92. The van der Waals surface area contributed by atoms with Crippen molar-refractivity contribution in [3.8, 4) is 0 Å². The monoisotopic (exact) mass is 552 g/mol. The highest BCUT2D eigenvalue weighted by atomic mass is 35.5. The van der Waals surface area contributed by atoms with Crippen molar-refractivity contribution in [2.45, 2.75) is 31.9 Å². The minimum absolute atomic E-state index is 0.00638. The van der Waals surface area contributed by atoms with Gasteiger partial charge in [-0.25, -0.2) is 4.39 Å². The Kier molecular flexibility index (Phi) is 6.80. The number of halogens is 5. The Morgan fingerprint density at radius 1 is 1.16 bits per heavy atom. The zero-order chi connectivity index (χ0) is 26.5. The highest BCUT2D eigenvalue weighted by molar-refractivity contribution is 8.18. The van der Waals surface area contributed by atoms with Gasteiger partial charge in [0.25, 0.3) is 11.1 Å². The minimum atomic E-state index is -4.56. The van der Waals surface area contributed by atoms with E-state index in [2.05, 4.69) is 5.10 Å². The number of aromatic nitrogens is 2. The number of alkyl halides is 4. The van der Waals surface area contributed by atoms with Crippen molar-refractivity contribution in [1.82, 2.24) is 19.6 Å². The maximum absolute atomic E-state index is 14.5. The van der Waals surface area contributed by atoms with Crippen LogP contribution in [0.3, 0.4) is 0 Å². The largest absolute Gasteiger partial charge is 0.416 e. The summed E-state index contributed by atoms with van der Waals surface area (Å²) in [6.45, 7) is 2.90. The van der Waals surface area contributed by atoms with Gasteiger partial charge in [0, 0.05) is 23.5 Å². The van der Waals surface area contributed by atoms with E-state index in [1.165, 1.54) is 23.0 Å². The molecule has 2 aliphatic heterocycles. The van der Waals surface area contributed by atoms with Crippen LogP contribution in [0, 0.1) is 0 Å². The van der Waals surface area contributed by atoms with Gasteiger partial charge in [0.2, 0.25) is 0 Å². The number of hydrogen-bond donors (Lipinski definition) is 0. The number of carbonyl (C=O) groups excluding carboxylic acids is 2. The van der Waals surface area contributed by atoms with E-state index in [0.717, 1.165) is 22.7 Å². The van der Waals surface area contributed by atoms with Crippen LogP contribution in [0.25, 0.3) is 17.0 Å². The molecule has 0 aliphatic carbocycles. The highest BCUT2D eigenvalue weighted by Crippen LogP contribution is 2.37. The Balaban J connectivity index is 1.39. The van der Waals surface area contributed by atoms with Gasteiger partial charge in [-0.2, -0.15) is 18.3 Å². The van der Waals surface area contributed by atoms with Gasteiger partial charge in [-0.15, -0.1) is 0 Å². The van der Waals surface area contributed by atoms with Gasteiger partial charge in [-0.1, -0.05) is 30.7 Å². The molecule has 2 amide bonds. The molecule has 3 heterocycles. The van der Waals surface area contributed by atoms with Gasteiger partial charge < -0.3 is 0 Å². The van der Waals surface area contributed by atoms with Crippen LogP contribution in [0.15, 0.2) is 47.5 Å². The first-order chi connectivity index (χ1) is 17.5. The molecule has 37 heavy (non-hydrogen) atoms. The molecule has 2 aromatic carbocycles. The van der Waals surface area contributed by atoms with Gasteiger partial charge >= 0.3 is 6.18 Å². The molecule has 3 aromatic rings. The van der Waals surface area contributed by atoms with E-state index < -0.39 is 35.1 Å². The van der Waals surface area contributed by atoms with Crippen molar-refractivity contribution in [2.24, 2.45) is 0 Å². The molecular formula is C25H21ClF4N4O2S. The maximum atomic E-state index is 14.5. The van der Waals surface area contributed by atoms with Gasteiger partial charge in [0.15, 0.2) is 0 Å². The molecule has 2 atom stereocenters. The third kappa shape index (κ3) is 4.99. The van der Waals surface area contributed by atoms with Crippen molar-refractivity contribution in [2.75, 3.05) is 19.6 Å². The molecule has 1 aromatic heterocycles. The molecule has 0 spiro atoms. The molecular weight excluding hydrogens is 532 g/mol. The van der Waals surface area contributed by atoms with Crippen molar-refractivity contribution < 1.29 is 27.2 Å². The lowest BCUT2D eigenvalue weighted by molar-refractivity contribution is -0.138. The minimum Gasteiger partial charge on any atom is -0.298 e. The van der Waals surface area contributed by atoms with E-state index in [9.17, 15) is 27.2 Å². The van der Waals surface area contributed by atoms with E-state index in [1.54, 1.807) is 24.3 Å². The van der Waals surface area contributed by atoms with Crippen LogP contribution in [0.2, 0.25) is 5.02 Å². The Hall–Kier alpha value is -2.89. The Bertz CT molecular complexity index is 1420. The summed E-state index contributed by atoms with van der Waals surface area (Å²) in [5.74, 6) is -0.529. The lowest BCUT2D eigenvalue weighted by Crippen LogP contribution is -2.44. The summed E-state index contributed by atoms with van der Waals surface area (Å²) >= 11 is 6.54. The van der Waals surface area contributed by atoms with Crippen LogP contribution in [-0.2, 0) is 17.5 Å². The lowest BCUT2D eigenvalue weighted by atomic mass is 10.1. The number of fused-ring (bicyclic) bond motifs is 1. The quantitative estimate of drug-likeness (QED) is 0.294. The van der Waals surface area contributed by atoms with Crippen LogP contribution >= 0.6 is 23.4 Å². The molecule has 2 fully saturated rings. The highest BCUT2D eigenvalue weighted by Gasteiger charge is 2.46. The van der Waals surface area contributed by atoms with Crippen LogP contribution < -0.4 is 0 Å². The Labute approximate surface area is 218 Å². The van der Waals surface area contributed by atoms with E-state index in [4.69, 9.17) is 11.6 Å². The fourth-order valence-electron chi connectivity index (χ4n) is 4.67. The molecule has 0 saturated carbocycles. The molecule has 0 bridgehead atoms. The normalized spacial score (nSPS) is 22.2. The van der Waals surface area contributed by atoms with Crippen LogP contribution in [0.5, 0.6) is 0 Å². The summed E-state index contributed by atoms with van der Waals surface area (Å²) in [4.78, 5) is 28.6. The number of imide groups is 1. The van der Waals surface area contributed by atoms with Crippen molar-refractivity contribution in [3.05, 3.63) is 69.2 Å². The molecule has 2 saturated heterocycles. The standard InChI is InChI=1S/C25H21ClF4N4O2S/c1-2-32-12-19(27)21(13-32)34-23(35)22(37-24(34)36)8-14-3-6-20-16(7-14)10-31-33(20)11-15-4-5-17(26)9-18(15)25(28,29)30/h3-10,19,21H,2,11-13H2,1H3/b22-8-/t19-,21?/m1/s1. The number of rotatable bonds is 5. The Morgan fingerprint density at radius 2 is 1.95 bits per heavy atom. The van der Waals surface area contributed by atoms with Crippen molar-refractivity contribution >= 4 is 51.5 Å². The van der Waals surface area contributed by atoms with Gasteiger partial charge in [0.1, 0.15) is 6.17 Å². The van der Waals surface area contributed by atoms with E-state index in [-0.39, 0.29) is 28.6 Å². The SMILES string of the molecule is CCN1CC(N2C(=O)S/C(=C\c3ccc4c(cnn4Cc4ccc(Cl)cc4C(F)(F)F)c3)C2=O)[C@H](F)C1. The smallest absolute Gasteiger partial charge is 0.298 e. The molecule has 12 heteroatoms. The zero-order valence-corrected chi connectivity index (χ0v) is 21.1. The van der Waals surface area contributed by atoms with Gasteiger partial charge in [-0.3, -0.25) is 24.1 Å². The van der Waals surface area contributed by atoms with Gasteiger partial charge in [0.05, 0.1) is 34.8 Å². The number of nitrogens with zero attached hydrogens (tertiary/aromatic N) is 4. The third-order valence-electron chi connectivity index (χ3n) is 6.56. The first-order valence-corrected chi connectivity index (χ1v) is 12.7. The molecule has 0 radical (unpaired) electrons. The summed E-state index contributed by atoms with van der Waals surface area (Å²) < 4.78 is 56.4. The van der Waals surface area contributed by atoms with E-state index in [1.807, 2.05) is 11.8 Å². The predicted octanol–water partition coefficient (Wildman–Crippen LogP) is 5.84. The maximum Gasteiger partial charge on any atom is 0.416 e. The molecule has 0 N–H and O–H groups in total. The molecule has 194 valence electrons. The zero-order valence-electron chi connectivity index (χ0n) is 19.5. The summed E-state index contributed by atoms with van der Waals surface area (Å²) in [5.41, 5.74) is 0.410. The second kappa shape index (κ2) is 9.77. The first kappa shape index (κ1) is 25.7. The average molecular weight is 553 g/mol. The van der Waals surface area contributed by atoms with Crippen molar-refractivity contribution in [1.29, 1.82) is 0 Å². The summed E-state index contributed by atoms with van der Waals surface area (Å²) in [7, 11) is 0. The number of likely N-dealkylation sites (tertiary alicyclic amines) is 1. The number of thioether (sulfide) groups is 1. The number of likely N-dealkylation sites (N-methyl/N-ethyl adjacent to an activating group) is 1. The summed E-state index contributed by atoms with van der Waals surface area (Å²) in [5, 5.41) is 4.38. The fraction of sp³-hybridized carbons (Fsp3) is 0.320. The first-order valence-electron chi connectivity index (χ1n) is 11.5. The Morgan fingerprint density at radius 3 is 2.65 bits per heavy atom. The second-order valence-corrected chi connectivity index (χ2v) is 10.3. The number of carbonyl (C=O) groups is 2. The summed E-state index contributed by atoms with van der Waals surface area (Å²) in [6.07, 6.45) is -2.78.